The summed E-state index contributed by atoms with van der Waals surface area (Å²) in [4.78, 5) is 0. The molecule has 0 unspecified atom stereocenters. The topological polar surface area (TPSA) is 0 Å². The molecule has 0 saturated heterocycles. The van der Waals surface area contributed by atoms with Crippen LogP contribution in [0.25, 0.3) is 0 Å². The molecule has 0 N–H and O–H groups in total. The first-order valence-corrected chi connectivity index (χ1v) is 9.30. The second kappa shape index (κ2) is 8.18. The quantitative estimate of drug-likeness (QED) is 0.468. The summed E-state index contributed by atoms with van der Waals surface area (Å²) in [6.07, 6.45) is 9.49. The SMILES string of the molecule is CCCCCCCCc1cc(C(C)(C)C)ccc1C(C)(C)C. The molecular formula is C22H38. The third-order valence-corrected chi connectivity index (χ3v) is 4.58. The van der Waals surface area contributed by atoms with E-state index in [1.165, 1.54) is 56.1 Å². The van der Waals surface area contributed by atoms with E-state index in [9.17, 15) is 0 Å². The zero-order chi connectivity index (χ0) is 16.8. The van der Waals surface area contributed by atoms with Gasteiger partial charge in [0.15, 0.2) is 0 Å². The third-order valence-electron chi connectivity index (χ3n) is 4.58. The van der Waals surface area contributed by atoms with E-state index >= 15 is 0 Å². The molecule has 0 aromatic heterocycles. The highest BCUT2D eigenvalue weighted by atomic mass is 14.3. The molecule has 126 valence electrons. The van der Waals surface area contributed by atoms with Gasteiger partial charge in [0, 0.05) is 0 Å². The summed E-state index contributed by atoms with van der Waals surface area (Å²) in [6, 6.07) is 7.20. The van der Waals surface area contributed by atoms with Crippen molar-refractivity contribution in [1.82, 2.24) is 0 Å². The standard InChI is InChI=1S/C22H38/c1-8-9-10-11-12-13-14-18-17-19(21(2,3)4)15-16-20(18)22(5,6)7/h15-17H,8-14H2,1-7H3. The molecular weight excluding hydrogens is 264 g/mol. The van der Waals surface area contributed by atoms with Crippen LogP contribution in [0.1, 0.15) is 104 Å². The molecule has 0 spiro atoms. The minimum absolute atomic E-state index is 0.242. The van der Waals surface area contributed by atoms with Gasteiger partial charge >= 0.3 is 0 Å². The predicted octanol–water partition coefficient (Wildman–Crippen LogP) is 7.18. The Labute approximate surface area is 139 Å². The van der Waals surface area contributed by atoms with Crippen molar-refractivity contribution in [1.29, 1.82) is 0 Å². The molecule has 22 heavy (non-hydrogen) atoms. The fourth-order valence-electron chi connectivity index (χ4n) is 3.09. The minimum Gasteiger partial charge on any atom is -0.0654 e. The summed E-state index contributed by atoms with van der Waals surface area (Å²) in [5.41, 5.74) is 5.08. The molecule has 0 aliphatic rings. The lowest BCUT2D eigenvalue weighted by Crippen LogP contribution is -2.17. The summed E-state index contributed by atoms with van der Waals surface area (Å²) >= 11 is 0. The normalized spacial score (nSPS) is 12.7. The van der Waals surface area contributed by atoms with Gasteiger partial charge < -0.3 is 0 Å². The van der Waals surface area contributed by atoms with Crippen molar-refractivity contribution in [3.63, 3.8) is 0 Å². The van der Waals surface area contributed by atoms with Gasteiger partial charge in [-0.25, -0.2) is 0 Å². The Kier molecular flexibility index (Phi) is 7.16. The van der Waals surface area contributed by atoms with Crippen molar-refractivity contribution in [3.8, 4) is 0 Å². The molecule has 0 aliphatic heterocycles. The zero-order valence-corrected chi connectivity index (χ0v) is 16.2. The highest BCUT2D eigenvalue weighted by molar-refractivity contribution is 5.39. The summed E-state index contributed by atoms with van der Waals surface area (Å²) < 4.78 is 0. The highest BCUT2D eigenvalue weighted by Gasteiger charge is 2.21. The van der Waals surface area contributed by atoms with E-state index in [1.807, 2.05) is 0 Å². The first-order valence-electron chi connectivity index (χ1n) is 9.30. The van der Waals surface area contributed by atoms with Gasteiger partial charge in [-0.2, -0.15) is 0 Å². The van der Waals surface area contributed by atoms with Crippen molar-refractivity contribution < 1.29 is 0 Å². The van der Waals surface area contributed by atoms with Crippen LogP contribution in [0.4, 0.5) is 0 Å². The lowest BCUT2D eigenvalue weighted by molar-refractivity contribution is 0.561. The van der Waals surface area contributed by atoms with Gasteiger partial charge in [-0.1, -0.05) is 98.8 Å². The van der Waals surface area contributed by atoms with Crippen LogP contribution < -0.4 is 0 Å². The van der Waals surface area contributed by atoms with Gasteiger partial charge in [0.2, 0.25) is 0 Å². The summed E-state index contributed by atoms with van der Waals surface area (Å²) in [5.74, 6) is 0. The van der Waals surface area contributed by atoms with Gasteiger partial charge in [0.25, 0.3) is 0 Å². The molecule has 1 rings (SSSR count). The van der Waals surface area contributed by atoms with Crippen LogP contribution in [0.3, 0.4) is 0 Å². The maximum atomic E-state index is 2.48. The van der Waals surface area contributed by atoms with Crippen LogP contribution >= 0.6 is 0 Å². The van der Waals surface area contributed by atoms with Gasteiger partial charge in [0.05, 0.1) is 0 Å². The first-order chi connectivity index (χ1) is 10.2. The number of hydrogen-bond donors (Lipinski definition) is 0. The lowest BCUT2D eigenvalue weighted by Gasteiger charge is -2.27. The molecule has 1 aromatic rings. The van der Waals surface area contributed by atoms with Crippen molar-refractivity contribution >= 4 is 0 Å². The lowest BCUT2D eigenvalue weighted by atomic mass is 9.78. The number of rotatable bonds is 7. The van der Waals surface area contributed by atoms with Crippen LogP contribution in [0, 0.1) is 0 Å². The Balaban J connectivity index is 2.80. The van der Waals surface area contributed by atoms with E-state index in [2.05, 4.69) is 66.7 Å². The zero-order valence-electron chi connectivity index (χ0n) is 16.2. The third kappa shape index (κ3) is 6.15. The van der Waals surface area contributed by atoms with E-state index in [1.54, 1.807) is 5.56 Å². The second-order valence-electron chi connectivity index (χ2n) is 8.89. The molecule has 0 aliphatic carbocycles. The van der Waals surface area contributed by atoms with Crippen LogP contribution in [-0.4, -0.2) is 0 Å². The van der Waals surface area contributed by atoms with Gasteiger partial charge in [-0.15, -0.1) is 0 Å². The number of aryl methyl sites for hydroxylation is 1. The Morgan fingerprint density at radius 1 is 0.727 bits per heavy atom. The Morgan fingerprint density at radius 3 is 1.86 bits per heavy atom. The fraction of sp³-hybridized carbons (Fsp3) is 0.727. The van der Waals surface area contributed by atoms with Crippen molar-refractivity contribution in [2.75, 3.05) is 0 Å². The number of hydrogen-bond acceptors (Lipinski definition) is 0. The molecule has 0 heterocycles. The molecule has 0 radical (unpaired) electrons. The van der Waals surface area contributed by atoms with Gasteiger partial charge in [-0.3, -0.25) is 0 Å². The molecule has 0 saturated carbocycles. The van der Waals surface area contributed by atoms with E-state index in [0.29, 0.717) is 0 Å². The van der Waals surface area contributed by atoms with Crippen LogP contribution in [0.2, 0.25) is 0 Å². The van der Waals surface area contributed by atoms with Crippen LogP contribution in [-0.2, 0) is 17.3 Å². The average Bonchev–Trinajstić information content (AvgIpc) is 2.40. The van der Waals surface area contributed by atoms with E-state index in [0.717, 1.165) is 0 Å². The molecule has 1 aromatic carbocycles. The second-order valence-corrected chi connectivity index (χ2v) is 8.89. The Morgan fingerprint density at radius 2 is 1.32 bits per heavy atom. The van der Waals surface area contributed by atoms with E-state index in [-0.39, 0.29) is 10.8 Å². The number of unbranched alkanes of at least 4 members (excludes halogenated alkanes) is 5. The van der Waals surface area contributed by atoms with Crippen LogP contribution in [0.15, 0.2) is 18.2 Å². The molecule has 0 heteroatoms. The highest BCUT2D eigenvalue weighted by Crippen LogP contribution is 2.31. The first kappa shape index (κ1) is 19.3. The Bertz CT molecular complexity index is 440. The maximum absolute atomic E-state index is 2.48. The largest absolute Gasteiger partial charge is 0.0654 e. The van der Waals surface area contributed by atoms with Crippen molar-refractivity contribution in [3.05, 3.63) is 34.9 Å². The molecule has 0 bridgehead atoms. The van der Waals surface area contributed by atoms with Crippen LogP contribution in [0.5, 0.6) is 0 Å². The van der Waals surface area contributed by atoms with Crippen molar-refractivity contribution in [2.45, 2.75) is 104 Å². The Hall–Kier alpha value is -0.780. The molecule has 0 nitrogen and oxygen atoms in total. The summed E-state index contributed by atoms with van der Waals surface area (Å²) in [7, 11) is 0. The summed E-state index contributed by atoms with van der Waals surface area (Å²) in [5, 5.41) is 0. The summed E-state index contributed by atoms with van der Waals surface area (Å²) in [6.45, 7) is 16.2. The van der Waals surface area contributed by atoms with Gasteiger partial charge in [0.1, 0.15) is 0 Å². The fourth-order valence-corrected chi connectivity index (χ4v) is 3.09. The monoisotopic (exact) mass is 302 g/mol. The molecule has 0 atom stereocenters. The average molecular weight is 303 g/mol. The van der Waals surface area contributed by atoms with Gasteiger partial charge in [-0.05, 0) is 40.4 Å². The maximum Gasteiger partial charge on any atom is -0.0129 e. The number of benzene rings is 1. The van der Waals surface area contributed by atoms with E-state index < -0.39 is 0 Å². The van der Waals surface area contributed by atoms with E-state index in [4.69, 9.17) is 0 Å². The smallest absolute Gasteiger partial charge is 0.0129 e. The molecule has 0 amide bonds. The predicted molar refractivity (Wildman–Crippen MR) is 101 cm³/mol. The minimum atomic E-state index is 0.242. The molecule has 0 fully saturated rings. The van der Waals surface area contributed by atoms with Crippen molar-refractivity contribution in [2.24, 2.45) is 0 Å².